The van der Waals surface area contributed by atoms with Crippen LogP contribution in [0.15, 0.2) is 24.3 Å². The molecule has 1 aromatic carbocycles. The number of carbonyl (C=O) groups excluding carboxylic acids is 2. The highest BCUT2D eigenvalue weighted by Gasteiger charge is 2.11. The highest BCUT2D eigenvalue weighted by Crippen LogP contribution is 2.16. The van der Waals surface area contributed by atoms with Crippen LogP contribution in [-0.2, 0) is 16.1 Å². The molecular formula is C16H24N2O3S. The summed E-state index contributed by atoms with van der Waals surface area (Å²) in [5.74, 6) is 1.37. The lowest BCUT2D eigenvalue weighted by atomic mass is 10.2. The fraction of sp³-hybridized carbons (Fsp3) is 0.500. The Morgan fingerprint density at radius 2 is 1.86 bits per heavy atom. The van der Waals surface area contributed by atoms with Gasteiger partial charge in [-0.1, -0.05) is 18.2 Å². The number of methoxy groups -OCH3 is 1. The molecule has 1 aromatic rings. The molecule has 0 aliphatic heterocycles. The van der Waals surface area contributed by atoms with Crippen molar-refractivity contribution < 1.29 is 14.3 Å². The number of rotatable bonds is 9. The molecule has 0 aromatic heterocycles. The molecule has 1 N–H and O–H groups in total. The molecule has 0 aliphatic carbocycles. The number of thioether (sulfide) groups is 1. The predicted octanol–water partition coefficient (Wildman–Crippen LogP) is 1.91. The number of ether oxygens (including phenoxy) is 1. The van der Waals surface area contributed by atoms with Gasteiger partial charge in [0.25, 0.3) is 0 Å². The van der Waals surface area contributed by atoms with E-state index in [2.05, 4.69) is 5.32 Å². The summed E-state index contributed by atoms with van der Waals surface area (Å²) in [7, 11) is 1.61. The normalized spacial score (nSPS) is 10.1. The average Bonchev–Trinajstić information content (AvgIpc) is 2.54. The van der Waals surface area contributed by atoms with Crippen molar-refractivity contribution in [3.8, 4) is 5.75 Å². The summed E-state index contributed by atoms with van der Waals surface area (Å²) in [6.07, 6.45) is 0. The topological polar surface area (TPSA) is 58.6 Å². The molecule has 0 saturated heterocycles. The smallest absolute Gasteiger partial charge is 0.232 e. The minimum absolute atomic E-state index is 0.0764. The van der Waals surface area contributed by atoms with E-state index in [1.165, 1.54) is 11.8 Å². The molecular weight excluding hydrogens is 300 g/mol. The third-order valence-corrected chi connectivity index (χ3v) is 4.16. The second kappa shape index (κ2) is 10.1. The molecule has 0 aliphatic rings. The molecule has 0 atom stereocenters. The van der Waals surface area contributed by atoms with E-state index >= 15 is 0 Å². The Morgan fingerprint density at radius 1 is 1.18 bits per heavy atom. The summed E-state index contributed by atoms with van der Waals surface area (Å²) in [5.41, 5.74) is 0.933. The zero-order chi connectivity index (χ0) is 16.4. The van der Waals surface area contributed by atoms with Crippen LogP contribution in [0.4, 0.5) is 0 Å². The molecule has 0 unspecified atom stereocenters. The van der Waals surface area contributed by atoms with Crippen LogP contribution in [0.1, 0.15) is 19.4 Å². The third-order valence-electron chi connectivity index (χ3n) is 3.24. The average molecular weight is 324 g/mol. The maximum Gasteiger partial charge on any atom is 0.232 e. The van der Waals surface area contributed by atoms with Gasteiger partial charge in [-0.15, -0.1) is 11.8 Å². The van der Waals surface area contributed by atoms with E-state index in [1.54, 1.807) is 12.0 Å². The molecule has 22 heavy (non-hydrogen) atoms. The van der Waals surface area contributed by atoms with Crippen molar-refractivity contribution in [2.24, 2.45) is 0 Å². The maximum atomic E-state index is 11.8. The van der Waals surface area contributed by atoms with Crippen LogP contribution in [0.5, 0.6) is 5.75 Å². The Bertz CT molecular complexity index is 490. The summed E-state index contributed by atoms with van der Waals surface area (Å²) in [5, 5.41) is 2.84. The first-order valence-electron chi connectivity index (χ1n) is 7.36. The van der Waals surface area contributed by atoms with Crippen molar-refractivity contribution in [1.82, 2.24) is 10.2 Å². The first-order chi connectivity index (χ1) is 10.6. The number of para-hydroxylation sites is 1. The summed E-state index contributed by atoms with van der Waals surface area (Å²) in [4.78, 5) is 25.4. The number of amides is 2. The number of nitrogens with one attached hydrogen (secondary N) is 1. The fourth-order valence-electron chi connectivity index (χ4n) is 1.99. The van der Waals surface area contributed by atoms with Gasteiger partial charge in [0, 0.05) is 25.2 Å². The van der Waals surface area contributed by atoms with E-state index < -0.39 is 0 Å². The van der Waals surface area contributed by atoms with Crippen molar-refractivity contribution in [3.05, 3.63) is 29.8 Å². The van der Waals surface area contributed by atoms with Gasteiger partial charge < -0.3 is 15.0 Å². The lowest BCUT2D eigenvalue weighted by molar-refractivity contribution is -0.127. The van der Waals surface area contributed by atoms with E-state index in [4.69, 9.17) is 4.74 Å². The van der Waals surface area contributed by atoms with Crippen molar-refractivity contribution >= 4 is 23.6 Å². The molecule has 1 rings (SSSR count). The SMILES string of the molecule is CCN(CC)C(=O)CSCC(=O)NCc1ccccc1OC. The van der Waals surface area contributed by atoms with Gasteiger partial charge in [0.1, 0.15) is 5.75 Å². The Balaban J connectivity index is 2.31. The molecule has 0 saturated carbocycles. The molecule has 0 spiro atoms. The van der Waals surface area contributed by atoms with Gasteiger partial charge in [-0.05, 0) is 19.9 Å². The van der Waals surface area contributed by atoms with Gasteiger partial charge in [-0.3, -0.25) is 9.59 Å². The Kier molecular flexibility index (Phi) is 8.43. The minimum atomic E-state index is -0.0803. The Hall–Kier alpha value is -1.69. The second-order valence-corrected chi connectivity index (χ2v) is 5.63. The number of nitrogens with zero attached hydrogens (tertiary/aromatic N) is 1. The molecule has 122 valence electrons. The van der Waals surface area contributed by atoms with Crippen molar-refractivity contribution in [2.45, 2.75) is 20.4 Å². The summed E-state index contributed by atoms with van der Waals surface area (Å²) in [6.45, 7) is 5.73. The predicted molar refractivity (Wildman–Crippen MR) is 90.1 cm³/mol. The van der Waals surface area contributed by atoms with Crippen LogP contribution >= 0.6 is 11.8 Å². The van der Waals surface area contributed by atoms with Gasteiger partial charge >= 0.3 is 0 Å². The first kappa shape index (κ1) is 18.4. The van der Waals surface area contributed by atoms with E-state index in [0.717, 1.165) is 11.3 Å². The van der Waals surface area contributed by atoms with E-state index in [9.17, 15) is 9.59 Å². The molecule has 6 heteroatoms. The number of hydrogen-bond acceptors (Lipinski definition) is 4. The zero-order valence-corrected chi connectivity index (χ0v) is 14.2. The lowest BCUT2D eigenvalue weighted by Crippen LogP contribution is -2.32. The van der Waals surface area contributed by atoms with Gasteiger partial charge in [-0.2, -0.15) is 0 Å². The molecule has 5 nitrogen and oxygen atoms in total. The molecule has 0 fully saturated rings. The van der Waals surface area contributed by atoms with Crippen LogP contribution in [-0.4, -0.2) is 48.4 Å². The van der Waals surface area contributed by atoms with E-state index in [-0.39, 0.29) is 17.6 Å². The van der Waals surface area contributed by atoms with Crippen LogP contribution in [0.2, 0.25) is 0 Å². The van der Waals surface area contributed by atoms with Crippen LogP contribution in [0.3, 0.4) is 0 Å². The second-order valence-electron chi connectivity index (χ2n) is 4.65. The van der Waals surface area contributed by atoms with Crippen molar-refractivity contribution in [2.75, 3.05) is 31.7 Å². The quantitative estimate of drug-likeness (QED) is 0.754. The van der Waals surface area contributed by atoms with Crippen molar-refractivity contribution in [3.63, 3.8) is 0 Å². The fourth-order valence-corrected chi connectivity index (χ4v) is 2.74. The molecule has 0 bridgehead atoms. The van der Waals surface area contributed by atoms with E-state index in [0.29, 0.717) is 25.4 Å². The van der Waals surface area contributed by atoms with E-state index in [1.807, 2.05) is 38.1 Å². The zero-order valence-electron chi connectivity index (χ0n) is 13.4. The van der Waals surface area contributed by atoms with Gasteiger partial charge in [0.15, 0.2) is 0 Å². The minimum Gasteiger partial charge on any atom is -0.496 e. The standard InChI is InChI=1S/C16H24N2O3S/c1-4-18(5-2)16(20)12-22-11-15(19)17-10-13-8-6-7-9-14(13)21-3/h6-9H,4-5,10-12H2,1-3H3,(H,17,19). The summed E-state index contributed by atoms with van der Waals surface area (Å²) >= 11 is 1.34. The van der Waals surface area contributed by atoms with Crippen LogP contribution < -0.4 is 10.1 Å². The number of benzene rings is 1. The highest BCUT2D eigenvalue weighted by molar-refractivity contribution is 8.00. The summed E-state index contributed by atoms with van der Waals surface area (Å²) in [6, 6.07) is 7.56. The van der Waals surface area contributed by atoms with Gasteiger partial charge in [-0.25, -0.2) is 0 Å². The van der Waals surface area contributed by atoms with Gasteiger partial charge in [0.05, 0.1) is 18.6 Å². The molecule has 0 radical (unpaired) electrons. The van der Waals surface area contributed by atoms with Crippen molar-refractivity contribution in [1.29, 1.82) is 0 Å². The third kappa shape index (κ3) is 5.97. The Morgan fingerprint density at radius 3 is 2.50 bits per heavy atom. The van der Waals surface area contributed by atoms with Crippen LogP contribution in [0.25, 0.3) is 0 Å². The van der Waals surface area contributed by atoms with Crippen LogP contribution in [0, 0.1) is 0 Å². The monoisotopic (exact) mass is 324 g/mol. The molecule has 0 heterocycles. The number of hydrogen-bond donors (Lipinski definition) is 1. The maximum absolute atomic E-state index is 11.8. The summed E-state index contributed by atoms with van der Waals surface area (Å²) < 4.78 is 5.23. The first-order valence-corrected chi connectivity index (χ1v) is 8.51. The number of carbonyl (C=O) groups is 2. The lowest BCUT2D eigenvalue weighted by Gasteiger charge is -2.18. The molecule has 2 amide bonds. The highest BCUT2D eigenvalue weighted by atomic mass is 32.2. The Labute approximate surface area is 136 Å². The van der Waals surface area contributed by atoms with Gasteiger partial charge in [0.2, 0.25) is 11.8 Å². The largest absolute Gasteiger partial charge is 0.496 e.